The van der Waals surface area contributed by atoms with Crippen molar-refractivity contribution in [1.29, 1.82) is 0 Å². The first-order valence-electron chi connectivity index (χ1n) is 15.8. The summed E-state index contributed by atoms with van der Waals surface area (Å²) < 4.78 is 0. The summed E-state index contributed by atoms with van der Waals surface area (Å²) in [5, 5.41) is 11.4. The zero-order chi connectivity index (χ0) is 30.1. The van der Waals surface area contributed by atoms with Crippen LogP contribution in [-0.4, -0.2) is 8.07 Å². The van der Waals surface area contributed by atoms with Gasteiger partial charge in [0.15, 0.2) is 0 Å². The van der Waals surface area contributed by atoms with E-state index in [-0.39, 0.29) is 0 Å². The first-order valence-corrected chi connectivity index (χ1v) is 17.8. The van der Waals surface area contributed by atoms with E-state index in [0.717, 1.165) is 18.4 Å². The molecule has 8 rings (SSSR count). The van der Waals surface area contributed by atoms with Crippen LogP contribution in [0.5, 0.6) is 0 Å². The molecule has 0 saturated heterocycles. The molecule has 0 unspecified atom stereocenters. The van der Waals surface area contributed by atoms with E-state index < -0.39 is 8.07 Å². The van der Waals surface area contributed by atoms with E-state index in [2.05, 4.69) is 181 Å². The van der Waals surface area contributed by atoms with Crippen LogP contribution in [0.25, 0.3) is 43.4 Å². The molecule has 45 heavy (non-hydrogen) atoms. The predicted molar refractivity (Wildman–Crippen MR) is 196 cm³/mol. The molecule has 1 heteroatoms. The number of benzene rings is 7. The van der Waals surface area contributed by atoms with Gasteiger partial charge < -0.3 is 0 Å². The number of hydrogen-bond donors (Lipinski definition) is 0. The third-order valence-corrected chi connectivity index (χ3v) is 13.3. The van der Waals surface area contributed by atoms with E-state index in [4.69, 9.17) is 0 Å². The maximum atomic E-state index is 4.09. The van der Waals surface area contributed by atoms with Crippen LogP contribution >= 0.6 is 0 Å². The van der Waals surface area contributed by atoms with Gasteiger partial charge in [-0.25, -0.2) is 0 Å². The Kier molecular flexibility index (Phi) is 6.99. The summed E-state index contributed by atoms with van der Waals surface area (Å²) >= 11 is 0. The quantitative estimate of drug-likeness (QED) is 0.109. The summed E-state index contributed by atoms with van der Waals surface area (Å²) in [4.78, 5) is 0. The molecule has 0 amide bonds. The molecule has 0 N–H and O–H groups in total. The maximum absolute atomic E-state index is 4.09. The lowest BCUT2D eigenvalue weighted by atomic mass is 9.87. The molecule has 0 bridgehead atoms. The molecule has 0 saturated carbocycles. The summed E-state index contributed by atoms with van der Waals surface area (Å²) in [7, 11) is -2.70. The highest BCUT2D eigenvalue weighted by Crippen LogP contribution is 2.41. The van der Waals surface area contributed by atoms with Crippen molar-refractivity contribution < 1.29 is 0 Å². The summed E-state index contributed by atoms with van der Waals surface area (Å²) in [6.07, 6.45) is 9.25. The first kappa shape index (κ1) is 27.1. The SMILES string of the molecule is C(#C[Si](C1=CCCC=C1)(c1ccccc1)c1ccccc1)c1c2ccccc2c(-c2cccc3ccccc23)c2ccccc12. The fourth-order valence-corrected chi connectivity index (χ4v) is 11.1. The summed E-state index contributed by atoms with van der Waals surface area (Å²) in [5.74, 6) is 3.92. The minimum Gasteiger partial charge on any atom is -0.109 e. The Hall–Kier alpha value is -5.42. The highest BCUT2D eigenvalue weighted by atomic mass is 28.3. The summed E-state index contributed by atoms with van der Waals surface area (Å²) in [6.45, 7) is 0. The normalized spacial score (nSPS) is 13.0. The van der Waals surface area contributed by atoms with Gasteiger partial charge in [-0.05, 0) is 71.9 Å². The molecule has 212 valence electrons. The summed E-state index contributed by atoms with van der Waals surface area (Å²) in [6, 6.07) is 55.1. The Bertz CT molecular complexity index is 2210. The van der Waals surface area contributed by atoms with Crippen LogP contribution in [0.3, 0.4) is 0 Å². The molecular formula is C44H32Si. The van der Waals surface area contributed by atoms with Gasteiger partial charge in [0.2, 0.25) is 8.07 Å². The van der Waals surface area contributed by atoms with E-state index >= 15 is 0 Å². The minimum absolute atomic E-state index is 1.05. The standard InChI is InChI=1S/C44H32Si/c1-4-19-34(20-5-1)45(35-21-6-2-7-22-35,36-23-8-3-9-24-36)32-31-40-38-26-12-14-28-42(38)44(43-29-15-13-27-39(40)43)41-30-16-18-33-17-10-11-25-37(33)41/h1-2,4-8,10-30H,3,9H2. The number of fused-ring (bicyclic) bond motifs is 3. The second kappa shape index (κ2) is 11.6. The predicted octanol–water partition coefficient (Wildman–Crippen LogP) is 9.78. The van der Waals surface area contributed by atoms with E-state index in [9.17, 15) is 0 Å². The molecule has 0 aromatic heterocycles. The van der Waals surface area contributed by atoms with Crippen molar-refractivity contribution in [2.75, 3.05) is 0 Å². The molecule has 0 spiro atoms. The van der Waals surface area contributed by atoms with Crippen molar-refractivity contribution in [3.63, 3.8) is 0 Å². The highest BCUT2D eigenvalue weighted by Gasteiger charge is 2.39. The van der Waals surface area contributed by atoms with Crippen LogP contribution in [0, 0.1) is 11.5 Å². The van der Waals surface area contributed by atoms with Gasteiger partial charge in [0.05, 0.1) is 0 Å². The molecule has 1 aliphatic rings. The summed E-state index contributed by atoms with van der Waals surface area (Å²) in [5.41, 5.74) is 7.73. The van der Waals surface area contributed by atoms with Gasteiger partial charge in [-0.3, -0.25) is 0 Å². The topological polar surface area (TPSA) is 0 Å². The second-order valence-corrected chi connectivity index (χ2v) is 15.2. The zero-order valence-corrected chi connectivity index (χ0v) is 26.1. The molecule has 7 aromatic rings. The lowest BCUT2D eigenvalue weighted by Crippen LogP contribution is -2.59. The minimum atomic E-state index is -2.70. The van der Waals surface area contributed by atoms with Crippen LogP contribution in [0.1, 0.15) is 18.4 Å². The van der Waals surface area contributed by atoms with Crippen molar-refractivity contribution in [2.45, 2.75) is 12.8 Å². The zero-order valence-electron chi connectivity index (χ0n) is 25.1. The van der Waals surface area contributed by atoms with Crippen molar-refractivity contribution in [1.82, 2.24) is 0 Å². The van der Waals surface area contributed by atoms with Crippen molar-refractivity contribution in [3.8, 4) is 22.6 Å². The Balaban J connectivity index is 1.47. The van der Waals surface area contributed by atoms with Crippen LogP contribution in [0.15, 0.2) is 175 Å². The fraction of sp³-hybridized carbons (Fsp3) is 0.0455. The van der Waals surface area contributed by atoms with Gasteiger partial charge in [-0.1, -0.05) is 176 Å². The molecule has 0 radical (unpaired) electrons. The molecule has 0 heterocycles. The van der Waals surface area contributed by atoms with Crippen LogP contribution in [0.4, 0.5) is 0 Å². The van der Waals surface area contributed by atoms with E-state index in [0.29, 0.717) is 0 Å². The van der Waals surface area contributed by atoms with Gasteiger partial charge in [0.1, 0.15) is 0 Å². The number of allylic oxidation sites excluding steroid dienone is 4. The average Bonchev–Trinajstić information content (AvgIpc) is 3.13. The van der Waals surface area contributed by atoms with Crippen molar-refractivity contribution >= 4 is 50.8 Å². The first-order chi connectivity index (χ1) is 22.3. The average molecular weight is 589 g/mol. The van der Waals surface area contributed by atoms with Gasteiger partial charge in [-0.2, -0.15) is 0 Å². The van der Waals surface area contributed by atoms with Crippen molar-refractivity contribution in [2.24, 2.45) is 0 Å². The third-order valence-electron chi connectivity index (χ3n) is 9.21. The monoisotopic (exact) mass is 588 g/mol. The fourth-order valence-electron chi connectivity index (χ4n) is 7.14. The number of rotatable bonds is 4. The van der Waals surface area contributed by atoms with Gasteiger partial charge >= 0.3 is 0 Å². The van der Waals surface area contributed by atoms with E-state index in [1.54, 1.807) is 0 Å². The molecule has 0 nitrogen and oxygen atoms in total. The Morgan fingerprint density at radius 3 is 1.60 bits per heavy atom. The van der Waals surface area contributed by atoms with Crippen molar-refractivity contribution in [3.05, 3.63) is 181 Å². The second-order valence-electron chi connectivity index (χ2n) is 11.7. The third kappa shape index (κ3) is 4.63. The Morgan fingerprint density at radius 2 is 1.00 bits per heavy atom. The lowest BCUT2D eigenvalue weighted by molar-refractivity contribution is 1.03. The van der Waals surface area contributed by atoms with E-state index in [1.165, 1.54) is 59.0 Å². The van der Waals surface area contributed by atoms with Crippen LogP contribution in [0.2, 0.25) is 0 Å². The lowest BCUT2D eigenvalue weighted by Gasteiger charge is -2.30. The molecular weight excluding hydrogens is 557 g/mol. The molecule has 0 fully saturated rings. The van der Waals surface area contributed by atoms with Crippen LogP contribution in [-0.2, 0) is 0 Å². The van der Waals surface area contributed by atoms with Crippen LogP contribution < -0.4 is 10.4 Å². The molecule has 0 aliphatic heterocycles. The number of hydrogen-bond acceptors (Lipinski definition) is 0. The molecule has 7 aromatic carbocycles. The maximum Gasteiger partial charge on any atom is 0.229 e. The largest absolute Gasteiger partial charge is 0.229 e. The Labute approximate surface area is 266 Å². The molecule has 1 aliphatic carbocycles. The Morgan fingerprint density at radius 1 is 0.467 bits per heavy atom. The highest BCUT2D eigenvalue weighted by molar-refractivity contribution is 7.13. The smallest absolute Gasteiger partial charge is 0.109 e. The van der Waals surface area contributed by atoms with Gasteiger partial charge in [-0.15, -0.1) is 5.54 Å². The van der Waals surface area contributed by atoms with Gasteiger partial charge in [0, 0.05) is 5.56 Å². The van der Waals surface area contributed by atoms with Gasteiger partial charge in [0.25, 0.3) is 0 Å². The van der Waals surface area contributed by atoms with E-state index in [1.807, 2.05) is 0 Å². The molecule has 0 atom stereocenters.